The monoisotopic (exact) mass is 286 g/mol. The van der Waals surface area contributed by atoms with E-state index in [2.05, 4.69) is 5.32 Å². The molecule has 108 valence electrons. The van der Waals surface area contributed by atoms with E-state index in [0.717, 1.165) is 37.3 Å². The van der Waals surface area contributed by atoms with Crippen LogP contribution in [-0.2, 0) is 4.79 Å². The van der Waals surface area contributed by atoms with Gasteiger partial charge < -0.3 is 15.3 Å². The molecule has 0 aromatic carbocycles. The molecule has 5 nitrogen and oxygen atoms in total. The third-order valence-corrected chi connectivity index (χ3v) is 5.21. The number of nitrogens with one attached hydrogen (secondary N) is 1. The first kappa shape index (κ1) is 14.5. The van der Waals surface area contributed by atoms with Gasteiger partial charge in [-0.05, 0) is 19.8 Å². The van der Waals surface area contributed by atoms with Gasteiger partial charge in [-0.15, -0.1) is 0 Å². The second kappa shape index (κ2) is 6.50. The highest BCUT2D eigenvalue weighted by atomic mass is 32.2. The minimum absolute atomic E-state index is 0.0917. The molecule has 0 radical (unpaired) electrons. The van der Waals surface area contributed by atoms with Gasteiger partial charge in [-0.25, -0.2) is 4.79 Å². The van der Waals surface area contributed by atoms with E-state index in [1.807, 2.05) is 23.6 Å². The molecule has 3 atom stereocenters. The van der Waals surface area contributed by atoms with Gasteiger partial charge in [0.1, 0.15) is 0 Å². The van der Waals surface area contributed by atoms with Gasteiger partial charge in [-0.1, -0.05) is 12.8 Å². The van der Waals surface area contributed by atoms with E-state index in [9.17, 15) is 14.7 Å². The maximum atomic E-state index is 12.3. The molecule has 0 bridgehead atoms. The van der Waals surface area contributed by atoms with E-state index >= 15 is 0 Å². The van der Waals surface area contributed by atoms with Crippen LogP contribution in [0.1, 0.15) is 32.6 Å². The number of amides is 2. The Labute approximate surface area is 118 Å². The van der Waals surface area contributed by atoms with Crippen LogP contribution in [0, 0.1) is 5.92 Å². The highest BCUT2D eigenvalue weighted by Gasteiger charge is 2.33. The quantitative estimate of drug-likeness (QED) is 0.812. The molecule has 2 amide bonds. The summed E-state index contributed by atoms with van der Waals surface area (Å²) in [5.74, 6) is 0.713. The molecular formula is C13H22N2O3S. The number of nitrogens with zero attached hydrogens (tertiary/aromatic N) is 1. The van der Waals surface area contributed by atoms with Gasteiger partial charge in [0.05, 0.1) is 5.92 Å². The van der Waals surface area contributed by atoms with Crippen LogP contribution < -0.4 is 5.32 Å². The molecule has 1 saturated heterocycles. The molecule has 6 heteroatoms. The van der Waals surface area contributed by atoms with Crippen LogP contribution >= 0.6 is 11.8 Å². The SMILES string of the molecule is CC1CSCCN1C(=O)NC1CCCCC1C(=O)O. The Morgan fingerprint density at radius 1 is 1.32 bits per heavy atom. The van der Waals surface area contributed by atoms with Crippen LogP contribution in [0.25, 0.3) is 0 Å². The number of carbonyl (C=O) groups excluding carboxylic acids is 1. The third-order valence-electron chi connectivity index (χ3n) is 4.02. The van der Waals surface area contributed by atoms with Crippen molar-refractivity contribution in [2.45, 2.75) is 44.7 Å². The number of urea groups is 1. The molecule has 1 saturated carbocycles. The van der Waals surface area contributed by atoms with Crippen molar-refractivity contribution >= 4 is 23.8 Å². The first-order valence-corrected chi connectivity index (χ1v) is 8.12. The molecule has 1 heterocycles. The standard InChI is InChI=1S/C13H22N2O3S/c1-9-8-19-7-6-15(9)13(18)14-11-5-3-2-4-10(11)12(16)17/h9-11H,2-8H2,1H3,(H,14,18)(H,16,17). The molecule has 2 fully saturated rings. The average molecular weight is 286 g/mol. The number of hydrogen-bond acceptors (Lipinski definition) is 3. The van der Waals surface area contributed by atoms with E-state index in [1.165, 1.54) is 0 Å². The van der Waals surface area contributed by atoms with Crippen molar-refractivity contribution in [3.8, 4) is 0 Å². The number of aliphatic carboxylic acids is 1. The first-order chi connectivity index (χ1) is 9.09. The highest BCUT2D eigenvalue weighted by molar-refractivity contribution is 7.99. The number of carboxylic acids is 1. The van der Waals surface area contributed by atoms with Crippen LogP contribution in [0.3, 0.4) is 0 Å². The van der Waals surface area contributed by atoms with Crippen LogP contribution in [0.5, 0.6) is 0 Å². The summed E-state index contributed by atoms with van der Waals surface area (Å²) < 4.78 is 0. The van der Waals surface area contributed by atoms with Crippen LogP contribution in [0.4, 0.5) is 4.79 Å². The zero-order valence-corrected chi connectivity index (χ0v) is 12.1. The maximum Gasteiger partial charge on any atom is 0.317 e. The van der Waals surface area contributed by atoms with Crippen LogP contribution in [0.15, 0.2) is 0 Å². The predicted octanol–water partition coefficient (Wildman–Crippen LogP) is 1.78. The zero-order chi connectivity index (χ0) is 13.8. The molecule has 2 rings (SSSR count). The molecule has 19 heavy (non-hydrogen) atoms. The second-order valence-electron chi connectivity index (χ2n) is 5.40. The van der Waals surface area contributed by atoms with Crippen LogP contribution in [-0.4, -0.2) is 52.1 Å². The first-order valence-electron chi connectivity index (χ1n) is 6.97. The molecule has 0 aromatic rings. The van der Waals surface area contributed by atoms with E-state index in [1.54, 1.807) is 0 Å². The van der Waals surface area contributed by atoms with Gasteiger partial charge in [0.2, 0.25) is 0 Å². The fourth-order valence-electron chi connectivity index (χ4n) is 2.87. The second-order valence-corrected chi connectivity index (χ2v) is 6.55. The highest BCUT2D eigenvalue weighted by Crippen LogP contribution is 2.25. The Kier molecular flexibility index (Phi) is 4.96. The van der Waals surface area contributed by atoms with Crippen molar-refractivity contribution in [2.75, 3.05) is 18.1 Å². The van der Waals surface area contributed by atoms with Crippen molar-refractivity contribution in [2.24, 2.45) is 5.92 Å². The van der Waals surface area contributed by atoms with Crippen molar-refractivity contribution in [3.05, 3.63) is 0 Å². The summed E-state index contributed by atoms with van der Waals surface area (Å²) in [5.41, 5.74) is 0. The summed E-state index contributed by atoms with van der Waals surface area (Å²) >= 11 is 1.86. The van der Waals surface area contributed by atoms with Crippen molar-refractivity contribution in [1.29, 1.82) is 0 Å². The van der Waals surface area contributed by atoms with E-state index in [0.29, 0.717) is 6.42 Å². The topological polar surface area (TPSA) is 69.6 Å². The van der Waals surface area contributed by atoms with Crippen LogP contribution in [0.2, 0.25) is 0 Å². The van der Waals surface area contributed by atoms with E-state index in [4.69, 9.17) is 0 Å². The van der Waals surface area contributed by atoms with Gasteiger partial charge in [-0.3, -0.25) is 4.79 Å². The Bertz CT molecular complexity index is 351. The summed E-state index contributed by atoms with van der Waals surface area (Å²) in [6.45, 7) is 2.80. The molecule has 1 aliphatic carbocycles. The molecule has 2 aliphatic rings. The number of carboxylic acid groups (broad SMARTS) is 1. The minimum atomic E-state index is -0.785. The van der Waals surface area contributed by atoms with Gasteiger partial charge in [-0.2, -0.15) is 11.8 Å². The fourth-order valence-corrected chi connectivity index (χ4v) is 3.88. The minimum Gasteiger partial charge on any atom is -0.481 e. The lowest BCUT2D eigenvalue weighted by Gasteiger charge is -2.36. The predicted molar refractivity (Wildman–Crippen MR) is 75.4 cm³/mol. The van der Waals surface area contributed by atoms with Gasteiger partial charge in [0.25, 0.3) is 0 Å². The molecule has 3 unspecified atom stereocenters. The summed E-state index contributed by atoms with van der Waals surface area (Å²) in [6.07, 6.45) is 3.39. The average Bonchev–Trinajstić information content (AvgIpc) is 2.39. The molecule has 0 spiro atoms. The van der Waals surface area contributed by atoms with Crippen molar-refractivity contribution < 1.29 is 14.7 Å². The van der Waals surface area contributed by atoms with Gasteiger partial charge >= 0.3 is 12.0 Å². The maximum absolute atomic E-state index is 12.3. The lowest BCUT2D eigenvalue weighted by atomic mass is 9.84. The summed E-state index contributed by atoms with van der Waals surface area (Å²) in [4.78, 5) is 25.3. The number of hydrogen-bond donors (Lipinski definition) is 2. The van der Waals surface area contributed by atoms with E-state index < -0.39 is 11.9 Å². The lowest BCUT2D eigenvalue weighted by molar-refractivity contribution is -0.143. The smallest absolute Gasteiger partial charge is 0.317 e. The number of thioether (sulfide) groups is 1. The van der Waals surface area contributed by atoms with Gasteiger partial charge in [0.15, 0.2) is 0 Å². The molecule has 1 aliphatic heterocycles. The number of carbonyl (C=O) groups is 2. The Hall–Kier alpha value is -0.910. The number of rotatable bonds is 2. The summed E-state index contributed by atoms with van der Waals surface area (Å²) in [7, 11) is 0. The normalized spacial score (nSPS) is 31.8. The Morgan fingerprint density at radius 2 is 2.05 bits per heavy atom. The van der Waals surface area contributed by atoms with Crippen molar-refractivity contribution in [1.82, 2.24) is 10.2 Å². The van der Waals surface area contributed by atoms with Crippen molar-refractivity contribution in [3.63, 3.8) is 0 Å². The summed E-state index contributed by atoms with van der Waals surface area (Å²) in [6, 6.07) is -0.0721. The largest absolute Gasteiger partial charge is 0.481 e. The molecule has 2 N–H and O–H groups in total. The van der Waals surface area contributed by atoms with E-state index in [-0.39, 0.29) is 18.1 Å². The third kappa shape index (κ3) is 3.55. The molecular weight excluding hydrogens is 264 g/mol. The molecule has 0 aromatic heterocycles. The lowest BCUT2D eigenvalue weighted by Crippen LogP contribution is -2.54. The Morgan fingerprint density at radius 3 is 2.74 bits per heavy atom. The fraction of sp³-hybridized carbons (Fsp3) is 0.846. The Balaban J connectivity index is 1.94. The summed E-state index contributed by atoms with van der Waals surface area (Å²) in [5, 5.41) is 12.2. The zero-order valence-electron chi connectivity index (χ0n) is 11.3. The van der Waals surface area contributed by atoms with Gasteiger partial charge in [0, 0.05) is 30.1 Å².